The van der Waals surface area contributed by atoms with Crippen LogP contribution in [0.3, 0.4) is 0 Å². The van der Waals surface area contributed by atoms with Crippen LogP contribution in [0.4, 0.5) is 0 Å². The molecule has 0 saturated heterocycles. The summed E-state index contributed by atoms with van der Waals surface area (Å²) in [6.45, 7) is 11.3. The molecule has 0 aliphatic heterocycles. The zero-order valence-corrected chi connectivity index (χ0v) is 40.6. The van der Waals surface area contributed by atoms with Gasteiger partial charge in [-0.15, -0.1) is 45.3 Å². The first-order valence-electron chi connectivity index (χ1n) is 22.9. The summed E-state index contributed by atoms with van der Waals surface area (Å²) < 4.78 is 27.5. The smallest absolute Gasteiger partial charge is 0.126 e. The second kappa shape index (κ2) is 20.8. The molecule has 0 spiro atoms. The molecule has 1 aliphatic carbocycles. The molecule has 0 radical (unpaired) electrons. The van der Waals surface area contributed by atoms with Gasteiger partial charge in [0.2, 0.25) is 0 Å². The molecule has 4 heterocycles. The van der Waals surface area contributed by atoms with Crippen LogP contribution in [0.25, 0.3) is 40.4 Å². The van der Waals surface area contributed by atoms with Gasteiger partial charge in [-0.05, 0) is 153 Å². The van der Waals surface area contributed by atoms with Crippen LogP contribution in [0.1, 0.15) is 97.9 Å². The normalized spacial score (nSPS) is 12.3. The van der Waals surface area contributed by atoms with E-state index in [1.54, 1.807) is 22.7 Å². The maximum Gasteiger partial charge on any atom is 0.126 e. The highest BCUT2D eigenvalue weighted by molar-refractivity contribution is 7.23. The van der Waals surface area contributed by atoms with Crippen molar-refractivity contribution in [3.05, 3.63) is 164 Å². The van der Waals surface area contributed by atoms with Gasteiger partial charge < -0.3 is 18.9 Å². The van der Waals surface area contributed by atoms with Crippen molar-refractivity contribution < 1.29 is 18.9 Å². The van der Waals surface area contributed by atoms with Gasteiger partial charge in [-0.3, -0.25) is 0 Å². The fraction of sp³-hybridized carbons (Fsp3) is 0.286. The van der Waals surface area contributed by atoms with E-state index in [1.807, 2.05) is 22.7 Å². The van der Waals surface area contributed by atoms with E-state index in [9.17, 15) is 0 Å². The van der Waals surface area contributed by atoms with Gasteiger partial charge in [0.15, 0.2) is 0 Å². The van der Waals surface area contributed by atoms with Crippen LogP contribution in [0.2, 0.25) is 0 Å². The molecular weight excluding hydrogens is 865 g/mol. The quantitative estimate of drug-likeness (QED) is 0.0968. The van der Waals surface area contributed by atoms with Gasteiger partial charge in [0.25, 0.3) is 0 Å². The van der Waals surface area contributed by atoms with Crippen molar-refractivity contribution in [1.29, 1.82) is 0 Å². The van der Waals surface area contributed by atoms with Crippen molar-refractivity contribution in [3.63, 3.8) is 0 Å². The van der Waals surface area contributed by atoms with Crippen molar-refractivity contribution in [1.82, 2.24) is 0 Å². The second-order valence-electron chi connectivity index (χ2n) is 16.4. The number of ether oxygens (including phenoxy) is 4. The molecule has 9 rings (SSSR count). The van der Waals surface area contributed by atoms with E-state index in [0.29, 0.717) is 52.1 Å². The van der Waals surface area contributed by atoms with Gasteiger partial charge in [-0.1, -0.05) is 76.2 Å². The van der Waals surface area contributed by atoms with Gasteiger partial charge >= 0.3 is 0 Å². The van der Waals surface area contributed by atoms with Gasteiger partial charge in [0.05, 0.1) is 26.4 Å². The van der Waals surface area contributed by atoms with Crippen LogP contribution in [0.5, 0.6) is 23.0 Å². The molecule has 0 unspecified atom stereocenters. The number of benzene rings is 4. The first kappa shape index (κ1) is 44.1. The Morgan fingerprint density at radius 1 is 0.344 bits per heavy atom. The molecule has 8 aromatic rings. The van der Waals surface area contributed by atoms with Crippen LogP contribution < -0.4 is 18.9 Å². The fourth-order valence-electron chi connectivity index (χ4n) is 8.62. The van der Waals surface area contributed by atoms with Crippen molar-refractivity contribution in [2.75, 3.05) is 26.4 Å². The minimum absolute atomic E-state index is 0.634. The second-order valence-corrected chi connectivity index (χ2v) is 20.5. The van der Waals surface area contributed by atoms with E-state index in [-0.39, 0.29) is 0 Å². The molecule has 4 aromatic carbocycles. The Balaban J connectivity index is 1.27. The Morgan fingerprint density at radius 3 is 0.953 bits per heavy atom. The van der Waals surface area contributed by atoms with Crippen LogP contribution in [0, 0.1) is 0 Å². The van der Waals surface area contributed by atoms with Crippen molar-refractivity contribution >= 4 is 45.3 Å². The van der Waals surface area contributed by atoms with E-state index >= 15 is 0 Å². The Labute approximate surface area is 395 Å². The van der Waals surface area contributed by atoms with Crippen LogP contribution in [-0.2, 0) is 25.7 Å². The van der Waals surface area contributed by atoms with Gasteiger partial charge in [-0.2, -0.15) is 0 Å². The fourth-order valence-corrected chi connectivity index (χ4v) is 12.3. The van der Waals surface area contributed by atoms with Crippen molar-refractivity contribution in [2.24, 2.45) is 0 Å². The van der Waals surface area contributed by atoms with Crippen LogP contribution in [0.15, 0.2) is 120 Å². The summed E-state index contributed by atoms with van der Waals surface area (Å²) in [6, 6.07) is 40.7. The molecular formula is C56H56O4S4. The monoisotopic (exact) mass is 920 g/mol. The minimum Gasteiger partial charge on any atom is -0.493 e. The summed E-state index contributed by atoms with van der Waals surface area (Å²) >= 11 is 7.29. The van der Waals surface area contributed by atoms with E-state index in [2.05, 4.69) is 148 Å². The predicted molar refractivity (Wildman–Crippen MR) is 273 cm³/mol. The van der Waals surface area contributed by atoms with Gasteiger partial charge in [-0.25, -0.2) is 0 Å². The highest BCUT2D eigenvalue weighted by Crippen LogP contribution is 2.45. The molecule has 0 saturated carbocycles. The number of rotatable bonds is 16. The lowest BCUT2D eigenvalue weighted by molar-refractivity contribution is 0.304. The van der Waals surface area contributed by atoms with E-state index in [0.717, 1.165) is 70.9 Å². The zero-order chi connectivity index (χ0) is 43.8. The maximum absolute atomic E-state index is 6.88. The summed E-state index contributed by atoms with van der Waals surface area (Å²) in [5, 5.41) is 4.31. The van der Waals surface area contributed by atoms with E-state index in [1.165, 1.54) is 62.6 Å². The third-order valence-electron chi connectivity index (χ3n) is 11.5. The first-order valence-corrected chi connectivity index (χ1v) is 26.2. The Bertz CT molecular complexity index is 2510. The zero-order valence-electron chi connectivity index (χ0n) is 37.3. The third-order valence-corrected chi connectivity index (χ3v) is 15.9. The van der Waals surface area contributed by atoms with Gasteiger partial charge in [0, 0.05) is 54.9 Å². The first-order chi connectivity index (χ1) is 31.5. The number of hydrogen-bond donors (Lipinski definition) is 0. The molecule has 0 fully saturated rings. The highest BCUT2D eigenvalue weighted by atomic mass is 32.1. The average molecular weight is 921 g/mol. The lowest BCUT2D eigenvalue weighted by atomic mass is 9.89. The SMILES string of the molecule is CCCOc1c2cccc1Cc1cc(-c3ccc(-c4cccs4)s3)cc(c1OCCC)Cc1cccc(c1OCCC)Cc1cc(-c3ccc(-c4cccs4)s3)cc(c1OCCC)C2. The van der Waals surface area contributed by atoms with Crippen LogP contribution >= 0.6 is 45.3 Å². The molecule has 1 aliphatic rings. The largest absolute Gasteiger partial charge is 0.493 e. The predicted octanol–water partition coefficient (Wildman–Crippen LogP) is 16.4. The summed E-state index contributed by atoms with van der Waals surface area (Å²) in [4.78, 5) is 7.66. The Kier molecular flexibility index (Phi) is 14.3. The summed E-state index contributed by atoms with van der Waals surface area (Å²) in [6.07, 6.45) is 6.33. The molecule has 0 N–H and O–H groups in total. The molecule has 4 nitrogen and oxygen atoms in total. The molecule has 8 heteroatoms. The topological polar surface area (TPSA) is 36.9 Å². The molecule has 64 heavy (non-hydrogen) atoms. The number of fused-ring (bicyclic) bond motifs is 8. The Hall–Kier alpha value is -5.12. The third kappa shape index (κ3) is 9.76. The van der Waals surface area contributed by atoms with Crippen molar-refractivity contribution in [3.8, 4) is 63.4 Å². The van der Waals surface area contributed by atoms with Crippen LogP contribution in [-0.4, -0.2) is 26.4 Å². The van der Waals surface area contributed by atoms with E-state index < -0.39 is 0 Å². The summed E-state index contributed by atoms with van der Waals surface area (Å²) in [5.74, 6) is 3.86. The summed E-state index contributed by atoms with van der Waals surface area (Å²) in [7, 11) is 0. The van der Waals surface area contributed by atoms with Crippen molar-refractivity contribution in [2.45, 2.75) is 79.1 Å². The molecule has 8 bridgehead atoms. The minimum atomic E-state index is 0.634. The highest BCUT2D eigenvalue weighted by Gasteiger charge is 2.24. The molecule has 328 valence electrons. The lowest BCUT2D eigenvalue weighted by Gasteiger charge is -2.23. The lowest BCUT2D eigenvalue weighted by Crippen LogP contribution is -2.10. The van der Waals surface area contributed by atoms with E-state index in [4.69, 9.17) is 18.9 Å². The number of para-hydroxylation sites is 2. The molecule has 4 aromatic heterocycles. The maximum atomic E-state index is 6.88. The number of hydrogen-bond acceptors (Lipinski definition) is 8. The number of thiophene rings is 4. The molecule has 0 atom stereocenters. The standard InChI is InChI=1S/C56H56O4S4/c1-5-23-57-53-37-13-9-14-38(53)30-44-34-42(48-20-22-52(64-48)50-18-12-28-62-50)36-46(56(44)60-26-8-4)32-40-16-10-15-39(54(40)58-24-6-2)31-45-35-41(33-43(29-37)55(45)59-25-7-3)47-19-21-51(63-47)49-17-11-27-61-49/h9-22,27-28,33-36H,5-8,23-26,29-32H2,1-4H3. The summed E-state index contributed by atoms with van der Waals surface area (Å²) in [5.41, 5.74) is 11.7. The van der Waals surface area contributed by atoms with Gasteiger partial charge in [0.1, 0.15) is 23.0 Å². The average Bonchev–Trinajstić information content (AvgIpc) is 4.16. The molecule has 0 amide bonds. The Morgan fingerprint density at radius 2 is 0.656 bits per heavy atom.